The highest BCUT2D eigenvalue weighted by atomic mass is 16.4. The van der Waals surface area contributed by atoms with Gasteiger partial charge in [-0.15, -0.1) is 5.10 Å². The van der Waals surface area contributed by atoms with Crippen LogP contribution in [0.1, 0.15) is 31.3 Å². The summed E-state index contributed by atoms with van der Waals surface area (Å²) in [5.41, 5.74) is 5.35. The highest BCUT2D eigenvalue weighted by molar-refractivity contribution is 5.84. The summed E-state index contributed by atoms with van der Waals surface area (Å²) >= 11 is 0. The van der Waals surface area contributed by atoms with Gasteiger partial charge in [-0.25, -0.2) is 9.48 Å². The normalized spacial score (nSPS) is 13.1. The molecule has 0 aromatic carbocycles. The Hall–Kier alpha value is -1.96. The van der Waals surface area contributed by atoms with Crippen molar-refractivity contribution in [2.75, 3.05) is 6.54 Å². The quantitative estimate of drug-likeness (QED) is 0.660. The van der Waals surface area contributed by atoms with Gasteiger partial charge in [-0.1, -0.05) is 26.0 Å². The fourth-order valence-electron chi connectivity index (χ4n) is 1.30. The van der Waals surface area contributed by atoms with Gasteiger partial charge in [-0.2, -0.15) is 0 Å². The minimum atomic E-state index is -1.13. The SMILES string of the molecule is CC(C)(C)[C@@H](N)C(=O)NCCn1cc(C(=O)O)nn1. The molecule has 1 atom stereocenters. The van der Waals surface area contributed by atoms with E-state index in [0.717, 1.165) is 0 Å². The van der Waals surface area contributed by atoms with Crippen molar-refractivity contribution in [3.05, 3.63) is 11.9 Å². The standard InChI is InChI=1S/C11H19N5O3/c1-11(2,3)8(12)9(17)13-4-5-16-6-7(10(18)19)14-15-16/h6,8H,4-5,12H2,1-3H3,(H,13,17)(H,18,19)/t8-/m0/s1. The van der Waals surface area contributed by atoms with Crippen LogP contribution in [0.5, 0.6) is 0 Å². The predicted molar refractivity (Wildman–Crippen MR) is 67.4 cm³/mol. The molecule has 4 N–H and O–H groups in total. The minimum Gasteiger partial charge on any atom is -0.476 e. The number of nitrogens with zero attached hydrogens (tertiary/aromatic N) is 3. The van der Waals surface area contributed by atoms with Crippen LogP contribution in [-0.2, 0) is 11.3 Å². The summed E-state index contributed by atoms with van der Waals surface area (Å²) in [6.07, 6.45) is 1.30. The molecule has 0 saturated carbocycles. The predicted octanol–water partition coefficient (Wildman–Crippen LogP) is -0.534. The second-order valence-electron chi connectivity index (χ2n) is 5.31. The van der Waals surface area contributed by atoms with Gasteiger partial charge in [-0.3, -0.25) is 4.79 Å². The number of nitrogens with one attached hydrogen (secondary N) is 1. The van der Waals surface area contributed by atoms with Crippen molar-refractivity contribution >= 4 is 11.9 Å². The van der Waals surface area contributed by atoms with Crippen molar-refractivity contribution in [3.63, 3.8) is 0 Å². The van der Waals surface area contributed by atoms with Crippen molar-refractivity contribution in [2.45, 2.75) is 33.4 Å². The molecule has 19 heavy (non-hydrogen) atoms. The van der Waals surface area contributed by atoms with Gasteiger partial charge >= 0.3 is 5.97 Å². The zero-order valence-corrected chi connectivity index (χ0v) is 11.3. The second kappa shape index (κ2) is 5.79. The fraction of sp³-hybridized carbons (Fsp3) is 0.636. The lowest BCUT2D eigenvalue weighted by molar-refractivity contribution is -0.124. The van der Waals surface area contributed by atoms with E-state index in [0.29, 0.717) is 13.1 Å². The third-order valence-corrected chi connectivity index (χ3v) is 2.61. The maximum Gasteiger partial charge on any atom is 0.358 e. The van der Waals surface area contributed by atoms with Crippen LogP contribution < -0.4 is 11.1 Å². The van der Waals surface area contributed by atoms with E-state index in [-0.39, 0.29) is 17.0 Å². The summed E-state index contributed by atoms with van der Waals surface area (Å²) in [5.74, 6) is -1.38. The number of nitrogens with two attached hydrogens (primary N) is 1. The molecule has 0 bridgehead atoms. The van der Waals surface area contributed by atoms with Gasteiger partial charge in [0.15, 0.2) is 5.69 Å². The molecule has 0 aliphatic heterocycles. The Kier molecular flexibility index (Phi) is 4.60. The molecule has 0 radical (unpaired) electrons. The number of hydrogen-bond acceptors (Lipinski definition) is 5. The maximum absolute atomic E-state index is 11.7. The van der Waals surface area contributed by atoms with Crippen LogP contribution >= 0.6 is 0 Å². The lowest BCUT2D eigenvalue weighted by Gasteiger charge is -2.25. The number of carbonyl (C=O) groups excluding carboxylic acids is 1. The van der Waals surface area contributed by atoms with Crippen molar-refractivity contribution < 1.29 is 14.7 Å². The van der Waals surface area contributed by atoms with E-state index in [1.54, 1.807) is 0 Å². The Labute approximate surface area is 111 Å². The number of hydrogen-bond donors (Lipinski definition) is 3. The van der Waals surface area contributed by atoms with E-state index in [4.69, 9.17) is 10.8 Å². The largest absolute Gasteiger partial charge is 0.476 e. The number of carbonyl (C=O) groups is 2. The highest BCUT2D eigenvalue weighted by Gasteiger charge is 2.26. The number of carboxylic acid groups (broad SMARTS) is 1. The van der Waals surface area contributed by atoms with Crippen LogP contribution in [0.2, 0.25) is 0 Å². The number of rotatable bonds is 5. The average Bonchev–Trinajstić information content (AvgIpc) is 2.75. The Morgan fingerprint density at radius 3 is 2.63 bits per heavy atom. The van der Waals surface area contributed by atoms with E-state index in [1.165, 1.54) is 10.9 Å². The number of aromatic carboxylic acids is 1. The first kappa shape index (κ1) is 15.1. The molecule has 1 heterocycles. The fourth-order valence-corrected chi connectivity index (χ4v) is 1.30. The molecule has 1 aromatic heterocycles. The molecule has 1 aromatic rings. The number of carboxylic acids is 1. The molecule has 8 nitrogen and oxygen atoms in total. The van der Waals surface area contributed by atoms with Crippen molar-refractivity contribution in [2.24, 2.45) is 11.1 Å². The Morgan fingerprint density at radius 2 is 2.16 bits per heavy atom. The van der Waals surface area contributed by atoms with Gasteiger partial charge in [0.05, 0.1) is 18.8 Å². The van der Waals surface area contributed by atoms with Crippen LogP contribution in [0, 0.1) is 5.41 Å². The zero-order valence-electron chi connectivity index (χ0n) is 11.3. The van der Waals surface area contributed by atoms with Crippen molar-refractivity contribution in [1.82, 2.24) is 20.3 Å². The summed E-state index contributed by atoms with van der Waals surface area (Å²) in [6.45, 7) is 6.29. The Balaban J connectivity index is 2.42. The molecular formula is C11H19N5O3. The molecule has 0 aliphatic carbocycles. The van der Waals surface area contributed by atoms with Gasteiger partial charge in [0.25, 0.3) is 0 Å². The van der Waals surface area contributed by atoms with Crippen LogP contribution in [0.25, 0.3) is 0 Å². The molecule has 0 unspecified atom stereocenters. The van der Waals surface area contributed by atoms with E-state index < -0.39 is 12.0 Å². The van der Waals surface area contributed by atoms with Gasteiger partial charge in [-0.05, 0) is 5.41 Å². The molecule has 1 rings (SSSR count). The van der Waals surface area contributed by atoms with E-state index in [1.807, 2.05) is 20.8 Å². The van der Waals surface area contributed by atoms with Crippen LogP contribution in [0.3, 0.4) is 0 Å². The van der Waals surface area contributed by atoms with E-state index >= 15 is 0 Å². The Morgan fingerprint density at radius 1 is 1.53 bits per heavy atom. The van der Waals surface area contributed by atoms with Crippen molar-refractivity contribution in [3.8, 4) is 0 Å². The maximum atomic E-state index is 11.7. The first-order chi connectivity index (χ1) is 8.71. The molecule has 0 spiro atoms. The molecule has 1 amide bonds. The summed E-state index contributed by atoms with van der Waals surface area (Å²) in [5, 5.41) is 18.4. The van der Waals surface area contributed by atoms with Crippen molar-refractivity contribution in [1.29, 1.82) is 0 Å². The third-order valence-electron chi connectivity index (χ3n) is 2.61. The summed E-state index contributed by atoms with van der Waals surface area (Å²) in [4.78, 5) is 22.3. The minimum absolute atomic E-state index is 0.127. The third kappa shape index (κ3) is 4.32. The van der Waals surface area contributed by atoms with Gasteiger partial charge in [0.1, 0.15) is 0 Å². The van der Waals surface area contributed by atoms with Gasteiger partial charge in [0.2, 0.25) is 5.91 Å². The topological polar surface area (TPSA) is 123 Å². The average molecular weight is 269 g/mol. The molecule has 0 fully saturated rings. The second-order valence-corrected chi connectivity index (χ2v) is 5.31. The lowest BCUT2D eigenvalue weighted by atomic mass is 9.87. The Bertz CT molecular complexity index is 463. The van der Waals surface area contributed by atoms with Gasteiger partial charge < -0.3 is 16.2 Å². The zero-order chi connectivity index (χ0) is 14.6. The summed E-state index contributed by atoms with van der Waals surface area (Å²) < 4.78 is 1.35. The highest BCUT2D eigenvalue weighted by Crippen LogP contribution is 2.16. The summed E-state index contributed by atoms with van der Waals surface area (Å²) in [6, 6.07) is -0.599. The van der Waals surface area contributed by atoms with Crippen LogP contribution in [0.4, 0.5) is 0 Å². The molecule has 106 valence electrons. The monoisotopic (exact) mass is 269 g/mol. The molecule has 0 aliphatic rings. The van der Waals surface area contributed by atoms with Gasteiger partial charge in [0, 0.05) is 6.54 Å². The van der Waals surface area contributed by atoms with E-state index in [9.17, 15) is 9.59 Å². The number of aromatic nitrogens is 3. The first-order valence-corrected chi connectivity index (χ1v) is 5.88. The lowest BCUT2D eigenvalue weighted by Crippen LogP contribution is -2.49. The van der Waals surface area contributed by atoms with E-state index in [2.05, 4.69) is 15.6 Å². The van der Waals surface area contributed by atoms with Crippen LogP contribution in [-0.4, -0.2) is 44.6 Å². The molecular weight excluding hydrogens is 250 g/mol. The molecule has 0 saturated heterocycles. The number of amides is 1. The summed E-state index contributed by atoms with van der Waals surface area (Å²) in [7, 11) is 0. The smallest absolute Gasteiger partial charge is 0.358 e. The first-order valence-electron chi connectivity index (χ1n) is 5.88. The molecule has 8 heteroatoms. The van der Waals surface area contributed by atoms with Crippen LogP contribution in [0.15, 0.2) is 6.20 Å².